The van der Waals surface area contributed by atoms with E-state index in [4.69, 9.17) is 11.1 Å². The second kappa shape index (κ2) is 5.07. The van der Waals surface area contributed by atoms with Gasteiger partial charge in [-0.3, -0.25) is 15.1 Å². The number of sulfonamides is 1. The van der Waals surface area contributed by atoms with E-state index in [0.717, 1.165) is 0 Å². The summed E-state index contributed by atoms with van der Waals surface area (Å²) in [6, 6.07) is 9.32. The van der Waals surface area contributed by atoms with Crippen LogP contribution in [0.1, 0.15) is 5.56 Å². The molecule has 0 atom stereocenters. The number of nitrogen functional groups attached to an aromatic ring is 1. The van der Waals surface area contributed by atoms with Crippen LogP contribution in [-0.2, 0) is 10.0 Å². The van der Waals surface area contributed by atoms with Crippen LogP contribution in [0.4, 0.5) is 5.69 Å². The molecule has 0 saturated heterocycles. The Morgan fingerprint density at radius 1 is 1.26 bits per heavy atom. The summed E-state index contributed by atoms with van der Waals surface area (Å²) < 4.78 is 26.5. The summed E-state index contributed by atoms with van der Waals surface area (Å²) in [4.78, 5) is 3.84. The molecule has 0 aliphatic heterocycles. The van der Waals surface area contributed by atoms with Crippen LogP contribution >= 0.6 is 0 Å². The molecule has 0 unspecified atom stereocenters. The van der Waals surface area contributed by atoms with E-state index in [1.165, 1.54) is 24.5 Å². The average molecular weight is 276 g/mol. The van der Waals surface area contributed by atoms with Crippen LogP contribution in [0.15, 0.2) is 53.7 Å². The molecule has 2 rings (SSSR count). The Balaban J connectivity index is 2.31. The molecular formula is C12H12N4O2S. The van der Waals surface area contributed by atoms with Gasteiger partial charge in [0, 0.05) is 23.6 Å². The number of nitrogens with one attached hydrogen (secondary N) is 2. The number of hydrogen-bond donors (Lipinski definition) is 3. The lowest BCUT2D eigenvalue weighted by Gasteiger charge is -2.08. The lowest BCUT2D eigenvalue weighted by Crippen LogP contribution is -2.15. The summed E-state index contributed by atoms with van der Waals surface area (Å²) in [7, 11) is -3.68. The Labute approximate surface area is 110 Å². The molecule has 1 aromatic heterocycles. The highest BCUT2D eigenvalue weighted by molar-refractivity contribution is 7.92. The van der Waals surface area contributed by atoms with Crippen LogP contribution in [-0.4, -0.2) is 19.2 Å². The lowest BCUT2D eigenvalue weighted by molar-refractivity contribution is 0.601. The average Bonchev–Trinajstić information content (AvgIpc) is 2.39. The van der Waals surface area contributed by atoms with Crippen molar-refractivity contribution in [3.8, 4) is 0 Å². The predicted octanol–water partition coefficient (Wildman–Crippen LogP) is 1.17. The van der Waals surface area contributed by atoms with Crippen molar-refractivity contribution < 1.29 is 8.42 Å². The van der Waals surface area contributed by atoms with Gasteiger partial charge in [0.2, 0.25) is 0 Å². The standard InChI is InChI=1S/C12H12N4O2S/c13-12(14)9-3-1-4-10(7-9)16-19(17,18)11-5-2-6-15-8-11/h1-8,16H,(H3,13,14). The first-order chi connectivity index (χ1) is 8.99. The quantitative estimate of drug-likeness (QED) is 0.575. The summed E-state index contributed by atoms with van der Waals surface area (Å²) in [5, 5.41) is 7.32. The molecule has 7 heteroatoms. The molecule has 4 N–H and O–H groups in total. The van der Waals surface area contributed by atoms with E-state index in [1.54, 1.807) is 24.3 Å². The van der Waals surface area contributed by atoms with Crippen LogP contribution in [0.5, 0.6) is 0 Å². The number of hydrogen-bond acceptors (Lipinski definition) is 4. The number of pyridine rings is 1. The summed E-state index contributed by atoms with van der Waals surface area (Å²) in [5.41, 5.74) is 6.15. The van der Waals surface area contributed by atoms with E-state index in [1.807, 2.05) is 0 Å². The molecule has 98 valence electrons. The van der Waals surface area contributed by atoms with Gasteiger partial charge >= 0.3 is 0 Å². The molecule has 0 amide bonds. The Bertz CT molecular complexity index is 699. The second-order valence-electron chi connectivity index (χ2n) is 3.79. The van der Waals surface area contributed by atoms with Crippen LogP contribution in [0, 0.1) is 5.41 Å². The first kappa shape index (κ1) is 13.0. The molecule has 6 nitrogen and oxygen atoms in total. The number of anilines is 1. The van der Waals surface area contributed by atoms with Crippen molar-refractivity contribution in [3.05, 3.63) is 54.4 Å². The highest BCUT2D eigenvalue weighted by atomic mass is 32.2. The molecule has 0 radical (unpaired) electrons. The van der Waals surface area contributed by atoms with Gasteiger partial charge in [0.1, 0.15) is 10.7 Å². The van der Waals surface area contributed by atoms with Gasteiger partial charge in [-0.15, -0.1) is 0 Å². The van der Waals surface area contributed by atoms with Crippen LogP contribution < -0.4 is 10.5 Å². The Morgan fingerprint density at radius 2 is 2.05 bits per heavy atom. The SMILES string of the molecule is N=C(N)c1cccc(NS(=O)(=O)c2cccnc2)c1. The minimum absolute atomic E-state index is 0.0724. The summed E-state index contributed by atoms with van der Waals surface area (Å²) >= 11 is 0. The van der Waals surface area contributed by atoms with Crippen LogP contribution in [0.3, 0.4) is 0 Å². The fourth-order valence-corrected chi connectivity index (χ4v) is 2.48. The van der Waals surface area contributed by atoms with Gasteiger partial charge in [-0.25, -0.2) is 8.42 Å². The lowest BCUT2D eigenvalue weighted by atomic mass is 10.2. The van der Waals surface area contributed by atoms with Crippen molar-refractivity contribution in [1.82, 2.24) is 4.98 Å². The smallest absolute Gasteiger partial charge is 0.263 e. The molecule has 0 spiro atoms. The second-order valence-corrected chi connectivity index (χ2v) is 5.47. The normalized spacial score (nSPS) is 10.9. The van der Waals surface area contributed by atoms with E-state index in [9.17, 15) is 8.42 Å². The van der Waals surface area contributed by atoms with E-state index < -0.39 is 10.0 Å². The minimum Gasteiger partial charge on any atom is -0.384 e. The summed E-state index contributed by atoms with van der Waals surface area (Å²) in [5.74, 6) is -0.123. The maximum atomic E-state index is 12.0. The number of nitrogens with two attached hydrogens (primary N) is 1. The van der Waals surface area contributed by atoms with Gasteiger partial charge in [0.25, 0.3) is 10.0 Å². The van der Waals surface area contributed by atoms with E-state index >= 15 is 0 Å². The Kier molecular flexibility index (Phi) is 3.48. The number of benzene rings is 1. The maximum Gasteiger partial charge on any atom is 0.263 e. The van der Waals surface area contributed by atoms with Crippen molar-refractivity contribution in [2.75, 3.05) is 4.72 Å². The highest BCUT2D eigenvalue weighted by Gasteiger charge is 2.14. The predicted molar refractivity (Wildman–Crippen MR) is 72.5 cm³/mol. The largest absolute Gasteiger partial charge is 0.384 e. The summed E-state index contributed by atoms with van der Waals surface area (Å²) in [6.07, 6.45) is 2.76. The Hall–Kier alpha value is -2.41. The molecule has 0 aliphatic rings. The van der Waals surface area contributed by atoms with Gasteiger partial charge in [0.05, 0.1) is 0 Å². The molecule has 0 saturated carbocycles. The molecule has 2 aromatic rings. The third-order valence-electron chi connectivity index (χ3n) is 2.37. The first-order valence-corrected chi connectivity index (χ1v) is 6.85. The Morgan fingerprint density at radius 3 is 2.68 bits per heavy atom. The zero-order valence-electron chi connectivity index (χ0n) is 9.87. The molecule has 0 bridgehead atoms. The topological polar surface area (TPSA) is 109 Å². The molecule has 1 heterocycles. The third kappa shape index (κ3) is 3.08. The maximum absolute atomic E-state index is 12.0. The van der Waals surface area contributed by atoms with Gasteiger partial charge in [-0.1, -0.05) is 12.1 Å². The summed E-state index contributed by atoms with van der Waals surface area (Å²) in [6.45, 7) is 0. The van der Waals surface area contributed by atoms with Crippen molar-refractivity contribution in [3.63, 3.8) is 0 Å². The zero-order valence-corrected chi connectivity index (χ0v) is 10.7. The van der Waals surface area contributed by atoms with Gasteiger partial charge in [-0.2, -0.15) is 0 Å². The highest BCUT2D eigenvalue weighted by Crippen LogP contribution is 2.16. The van der Waals surface area contributed by atoms with Crippen molar-refractivity contribution in [2.24, 2.45) is 5.73 Å². The number of aromatic nitrogens is 1. The van der Waals surface area contributed by atoms with E-state index in [-0.39, 0.29) is 10.7 Å². The minimum atomic E-state index is -3.68. The van der Waals surface area contributed by atoms with Crippen LogP contribution in [0.2, 0.25) is 0 Å². The zero-order chi connectivity index (χ0) is 13.9. The monoisotopic (exact) mass is 276 g/mol. The van der Waals surface area contributed by atoms with E-state index in [2.05, 4.69) is 9.71 Å². The molecular weight excluding hydrogens is 264 g/mol. The number of rotatable bonds is 4. The van der Waals surface area contributed by atoms with Crippen molar-refractivity contribution >= 4 is 21.5 Å². The van der Waals surface area contributed by atoms with Crippen molar-refractivity contribution in [1.29, 1.82) is 5.41 Å². The van der Waals surface area contributed by atoms with Crippen LogP contribution in [0.25, 0.3) is 0 Å². The number of nitrogens with zero attached hydrogens (tertiary/aromatic N) is 1. The number of amidine groups is 1. The van der Waals surface area contributed by atoms with Gasteiger partial charge < -0.3 is 5.73 Å². The molecule has 0 fully saturated rings. The van der Waals surface area contributed by atoms with Gasteiger partial charge in [-0.05, 0) is 24.3 Å². The van der Waals surface area contributed by atoms with E-state index in [0.29, 0.717) is 11.3 Å². The third-order valence-corrected chi connectivity index (χ3v) is 3.74. The molecule has 1 aromatic carbocycles. The molecule has 0 aliphatic carbocycles. The fraction of sp³-hybridized carbons (Fsp3) is 0. The fourth-order valence-electron chi connectivity index (χ4n) is 1.47. The first-order valence-electron chi connectivity index (χ1n) is 5.36. The van der Waals surface area contributed by atoms with Gasteiger partial charge in [0.15, 0.2) is 0 Å². The molecule has 19 heavy (non-hydrogen) atoms. The van der Waals surface area contributed by atoms with Crippen molar-refractivity contribution in [2.45, 2.75) is 4.90 Å².